The van der Waals surface area contributed by atoms with E-state index in [9.17, 15) is 4.79 Å². The zero-order chi connectivity index (χ0) is 18.1. The highest BCUT2D eigenvalue weighted by molar-refractivity contribution is 5.95. The fourth-order valence-electron chi connectivity index (χ4n) is 3.98. The third kappa shape index (κ3) is 3.09. The molecule has 1 amide bonds. The minimum atomic E-state index is 0.0565. The van der Waals surface area contributed by atoms with Gasteiger partial charge in [-0.25, -0.2) is 0 Å². The van der Waals surface area contributed by atoms with Crippen LogP contribution in [-0.2, 0) is 11.3 Å². The second-order valence-electron chi connectivity index (χ2n) is 7.40. The topological polar surface area (TPSA) is 61.5 Å². The van der Waals surface area contributed by atoms with Crippen molar-refractivity contribution in [3.05, 3.63) is 47.3 Å². The van der Waals surface area contributed by atoms with Crippen molar-refractivity contribution in [3.63, 3.8) is 0 Å². The fourth-order valence-corrected chi connectivity index (χ4v) is 3.98. The largest absolute Gasteiger partial charge is 0.381 e. The van der Waals surface area contributed by atoms with Crippen molar-refractivity contribution in [1.82, 2.24) is 15.1 Å². The number of H-pyrrole nitrogens is 1. The monoisotopic (exact) mass is 354 g/mol. The molecule has 6 heteroatoms. The van der Waals surface area contributed by atoms with E-state index in [1.807, 2.05) is 11.0 Å². The van der Waals surface area contributed by atoms with E-state index < -0.39 is 0 Å². The highest BCUT2D eigenvalue weighted by atomic mass is 16.5. The molecule has 1 aromatic carbocycles. The number of nitrogens with zero attached hydrogens (tertiary/aromatic N) is 3. The van der Waals surface area contributed by atoms with Crippen LogP contribution in [0.1, 0.15) is 47.8 Å². The molecule has 1 aromatic heterocycles. The maximum Gasteiger partial charge on any atom is 0.257 e. The quantitative estimate of drug-likeness (QED) is 0.921. The zero-order valence-electron chi connectivity index (χ0n) is 15.4. The van der Waals surface area contributed by atoms with E-state index in [-0.39, 0.29) is 11.8 Å². The number of nitrogens with one attached hydrogen (secondary N) is 1. The summed E-state index contributed by atoms with van der Waals surface area (Å²) in [6, 6.07) is 8.79. The maximum atomic E-state index is 13.3. The molecule has 0 bridgehead atoms. The standard InChI is InChI=1S/C20H26N4O2/c1-14(2)24-9-8-23(12-15-5-3-4-6-18(15)24)20(25)17-11-21-22-19(17)16-7-10-26-13-16/h3-6,11,14,16H,7-10,12-13H2,1-2H3,(H,21,22)/t16-/m0/s1. The number of rotatable bonds is 3. The third-order valence-electron chi connectivity index (χ3n) is 5.42. The third-order valence-corrected chi connectivity index (χ3v) is 5.42. The lowest BCUT2D eigenvalue weighted by molar-refractivity contribution is 0.0749. The predicted octanol–water partition coefficient (Wildman–Crippen LogP) is 2.78. The van der Waals surface area contributed by atoms with Crippen LogP contribution in [0.2, 0.25) is 0 Å². The fraction of sp³-hybridized carbons (Fsp3) is 0.500. The number of amides is 1. The molecular weight excluding hydrogens is 328 g/mol. The normalized spacial score (nSPS) is 20.3. The summed E-state index contributed by atoms with van der Waals surface area (Å²) in [6.07, 6.45) is 2.61. The number of aromatic amines is 1. The smallest absolute Gasteiger partial charge is 0.257 e. The highest BCUT2D eigenvalue weighted by Crippen LogP contribution is 2.30. The Hall–Kier alpha value is -2.34. The van der Waals surface area contributed by atoms with Crippen LogP contribution >= 0.6 is 0 Å². The molecule has 138 valence electrons. The number of ether oxygens (including phenoxy) is 1. The van der Waals surface area contributed by atoms with Crippen LogP contribution in [0.15, 0.2) is 30.5 Å². The molecule has 0 aliphatic carbocycles. The molecular formula is C20H26N4O2. The number of hydrogen-bond acceptors (Lipinski definition) is 4. The molecule has 1 fully saturated rings. The molecule has 2 aliphatic heterocycles. The van der Waals surface area contributed by atoms with Gasteiger partial charge in [0.15, 0.2) is 0 Å². The summed E-state index contributed by atoms with van der Waals surface area (Å²) in [5, 5.41) is 7.20. The molecule has 2 aliphatic rings. The Balaban J connectivity index is 1.61. The first kappa shape index (κ1) is 17.1. The molecule has 0 radical (unpaired) electrons. The van der Waals surface area contributed by atoms with Crippen LogP contribution in [-0.4, -0.2) is 53.3 Å². The minimum absolute atomic E-state index is 0.0565. The number of carbonyl (C=O) groups excluding carboxylic acids is 1. The van der Waals surface area contributed by atoms with Crippen LogP contribution < -0.4 is 4.90 Å². The van der Waals surface area contributed by atoms with E-state index in [1.54, 1.807) is 6.20 Å². The number of benzene rings is 1. The number of fused-ring (bicyclic) bond motifs is 1. The number of anilines is 1. The molecule has 1 saturated heterocycles. The van der Waals surface area contributed by atoms with E-state index in [2.05, 4.69) is 47.1 Å². The Kier molecular flexibility index (Phi) is 4.68. The van der Waals surface area contributed by atoms with Gasteiger partial charge < -0.3 is 14.5 Å². The number of aromatic nitrogens is 2. The van der Waals surface area contributed by atoms with Gasteiger partial charge in [-0.1, -0.05) is 18.2 Å². The number of hydrogen-bond donors (Lipinski definition) is 1. The zero-order valence-corrected chi connectivity index (χ0v) is 15.4. The van der Waals surface area contributed by atoms with Crippen LogP contribution in [0.5, 0.6) is 0 Å². The van der Waals surface area contributed by atoms with Gasteiger partial charge in [-0.2, -0.15) is 5.10 Å². The van der Waals surface area contributed by atoms with Gasteiger partial charge in [0.2, 0.25) is 0 Å². The van der Waals surface area contributed by atoms with Gasteiger partial charge in [0, 0.05) is 43.9 Å². The summed E-state index contributed by atoms with van der Waals surface area (Å²) < 4.78 is 5.49. The molecule has 1 atom stereocenters. The summed E-state index contributed by atoms with van der Waals surface area (Å²) in [7, 11) is 0. The molecule has 0 spiro atoms. The second kappa shape index (κ2) is 7.11. The second-order valence-corrected chi connectivity index (χ2v) is 7.40. The average Bonchev–Trinajstić information content (AvgIpc) is 3.28. The van der Waals surface area contributed by atoms with Gasteiger partial charge in [0.1, 0.15) is 0 Å². The first-order valence-corrected chi connectivity index (χ1v) is 9.40. The van der Waals surface area contributed by atoms with Gasteiger partial charge in [-0.3, -0.25) is 9.89 Å². The van der Waals surface area contributed by atoms with E-state index in [1.165, 1.54) is 11.3 Å². The Bertz CT molecular complexity index is 780. The summed E-state index contributed by atoms with van der Waals surface area (Å²) >= 11 is 0. The summed E-state index contributed by atoms with van der Waals surface area (Å²) in [6.45, 7) is 7.97. The molecule has 0 unspecified atom stereocenters. The first-order valence-electron chi connectivity index (χ1n) is 9.40. The van der Waals surface area contributed by atoms with Crippen molar-refractivity contribution < 1.29 is 9.53 Å². The average molecular weight is 354 g/mol. The number of carbonyl (C=O) groups is 1. The first-order chi connectivity index (χ1) is 12.6. The van der Waals surface area contributed by atoms with Crippen molar-refractivity contribution in [2.75, 3.05) is 31.2 Å². The number of para-hydroxylation sites is 1. The Labute approximate surface area is 154 Å². The Morgan fingerprint density at radius 3 is 2.92 bits per heavy atom. The molecule has 3 heterocycles. The summed E-state index contributed by atoms with van der Waals surface area (Å²) in [5.74, 6) is 0.295. The Morgan fingerprint density at radius 1 is 1.31 bits per heavy atom. The van der Waals surface area contributed by atoms with Gasteiger partial charge >= 0.3 is 0 Å². The van der Waals surface area contributed by atoms with E-state index >= 15 is 0 Å². The van der Waals surface area contributed by atoms with Crippen LogP contribution in [0.3, 0.4) is 0 Å². The predicted molar refractivity (Wildman–Crippen MR) is 100 cm³/mol. The van der Waals surface area contributed by atoms with Gasteiger partial charge in [-0.05, 0) is 31.9 Å². The SMILES string of the molecule is CC(C)N1CCN(C(=O)c2cn[nH]c2[C@H]2CCOC2)Cc2ccccc21. The molecule has 4 rings (SSSR count). The minimum Gasteiger partial charge on any atom is -0.381 e. The van der Waals surface area contributed by atoms with Gasteiger partial charge in [-0.15, -0.1) is 0 Å². The van der Waals surface area contributed by atoms with Crippen molar-refractivity contribution in [2.24, 2.45) is 0 Å². The van der Waals surface area contributed by atoms with Crippen molar-refractivity contribution >= 4 is 11.6 Å². The van der Waals surface area contributed by atoms with Crippen molar-refractivity contribution in [3.8, 4) is 0 Å². The van der Waals surface area contributed by atoms with Gasteiger partial charge in [0.05, 0.1) is 24.1 Å². The summed E-state index contributed by atoms with van der Waals surface area (Å²) in [4.78, 5) is 17.6. The summed E-state index contributed by atoms with van der Waals surface area (Å²) in [5.41, 5.74) is 4.04. The van der Waals surface area contributed by atoms with Gasteiger partial charge in [0.25, 0.3) is 5.91 Å². The Morgan fingerprint density at radius 2 is 2.15 bits per heavy atom. The lowest BCUT2D eigenvalue weighted by atomic mass is 10.0. The van der Waals surface area contributed by atoms with E-state index in [0.29, 0.717) is 31.3 Å². The maximum absolute atomic E-state index is 13.3. The lowest BCUT2D eigenvalue weighted by Crippen LogP contribution is -2.38. The van der Waals surface area contributed by atoms with Crippen LogP contribution in [0, 0.1) is 0 Å². The van der Waals surface area contributed by atoms with Crippen LogP contribution in [0.25, 0.3) is 0 Å². The van der Waals surface area contributed by atoms with E-state index in [4.69, 9.17) is 4.74 Å². The van der Waals surface area contributed by atoms with Crippen molar-refractivity contribution in [2.45, 2.75) is 38.8 Å². The molecule has 6 nitrogen and oxygen atoms in total. The van der Waals surface area contributed by atoms with E-state index in [0.717, 1.165) is 25.3 Å². The molecule has 1 N–H and O–H groups in total. The molecule has 2 aromatic rings. The molecule has 26 heavy (non-hydrogen) atoms. The molecule has 0 saturated carbocycles. The lowest BCUT2D eigenvalue weighted by Gasteiger charge is -2.28. The van der Waals surface area contributed by atoms with Crippen LogP contribution in [0.4, 0.5) is 5.69 Å². The highest BCUT2D eigenvalue weighted by Gasteiger charge is 2.30. The van der Waals surface area contributed by atoms with Crippen molar-refractivity contribution in [1.29, 1.82) is 0 Å².